The maximum atomic E-state index is 13.2. The van der Waals surface area contributed by atoms with Gasteiger partial charge < -0.3 is 14.6 Å². The third-order valence-electron chi connectivity index (χ3n) is 4.36. The number of halogens is 1. The summed E-state index contributed by atoms with van der Waals surface area (Å²) in [5.41, 5.74) is 1.83. The number of carbonyl (C=O) groups is 2. The van der Waals surface area contributed by atoms with Crippen molar-refractivity contribution in [1.29, 1.82) is 0 Å². The van der Waals surface area contributed by atoms with Crippen LogP contribution in [0.1, 0.15) is 36.3 Å². The number of carbonyl (C=O) groups excluding carboxylic acids is 2. The molecule has 1 N–H and O–H groups in total. The number of amides is 1. The Kier molecular flexibility index (Phi) is 6.21. The number of nitrogens with one attached hydrogen (secondary N) is 1. The Bertz CT molecular complexity index is 1030. The van der Waals surface area contributed by atoms with E-state index in [9.17, 15) is 14.0 Å². The SMILES string of the molecule is Cc1noc2nc(-c3ccc(F)cc3)cc(C(=O)OCC(=O)NCCC(C)C)c12. The highest BCUT2D eigenvalue weighted by Crippen LogP contribution is 2.27. The van der Waals surface area contributed by atoms with Crippen LogP contribution in [0.15, 0.2) is 34.9 Å². The van der Waals surface area contributed by atoms with Crippen molar-refractivity contribution < 1.29 is 23.2 Å². The van der Waals surface area contributed by atoms with Crippen molar-refractivity contribution in [3.8, 4) is 11.3 Å². The molecule has 0 aliphatic heterocycles. The summed E-state index contributed by atoms with van der Waals surface area (Å²) in [6.07, 6.45) is 0.839. The number of hydrogen-bond donors (Lipinski definition) is 1. The molecule has 152 valence electrons. The van der Waals surface area contributed by atoms with Crippen LogP contribution in [0.25, 0.3) is 22.4 Å². The van der Waals surface area contributed by atoms with Crippen molar-refractivity contribution in [1.82, 2.24) is 15.5 Å². The van der Waals surface area contributed by atoms with Crippen LogP contribution in [-0.4, -0.2) is 35.2 Å². The highest BCUT2D eigenvalue weighted by atomic mass is 19.1. The third kappa shape index (κ3) is 4.96. The van der Waals surface area contributed by atoms with E-state index in [-0.39, 0.29) is 23.0 Å². The molecule has 0 radical (unpaired) electrons. The van der Waals surface area contributed by atoms with Crippen LogP contribution in [0.4, 0.5) is 4.39 Å². The van der Waals surface area contributed by atoms with E-state index < -0.39 is 12.6 Å². The molecule has 0 fully saturated rings. The molecule has 0 aliphatic rings. The molecule has 0 aliphatic carbocycles. The van der Waals surface area contributed by atoms with Gasteiger partial charge in [-0.1, -0.05) is 19.0 Å². The molecule has 0 saturated heterocycles. The largest absolute Gasteiger partial charge is 0.452 e. The lowest BCUT2D eigenvalue weighted by atomic mass is 10.1. The number of aryl methyl sites for hydroxylation is 1. The smallest absolute Gasteiger partial charge is 0.339 e. The van der Waals surface area contributed by atoms with Crippen molar-refractivity contribution in [2.45, 2.75) is 27.2 Å². The summed E-state index contributed by atoms with van der Waals surface area (Å²) in [6.45, 7) is 5.92. The first kappa shape index (κ1) is 20.4. The van der Waals surface area contributed by atoms with E-state index in [4.69, 9.17) is 9.26 Å². The van der Waals surface area contributed by atoms with Gasteiger partial charge in [-0.3, -0.25) is 4.79 Å². The number of aromatic nitrogens is 2. The summed E-state index contributed by atoms with van der Waals surface area (Å²) in [5.74, 6) is -0.978. The van der Waals surface area contributed by atoms with Gasteiger partial charge in [0.25, 0.3) is 11.6 Å². The standard InChI is InChI=1S/C21H22FN3O4/c1-12(2)8-9-23-18(26)11-28-21(27)16-10-17(14-4-6-15(22)7-5-14)24-20-19(16)13(3)25-29-20/h4-7,10,12H,8-9,11H2,1-3H3,(H,23,26). The molecule has 0 saturated carbocycles. The fourth-order valence-electron chi connectivity index (χ4n) is 2.78. The highest BCUT2D eigenvalue weighted by Gasteiger charge is 2.21. The lowest BCUT2D eigenvalue weighted by molar-refractivity contribution is -0.124. The first-order chi connectivity index (χ1) is 13.8. The zero-order valence-electron chi connectivity index (χ0n) is 16.5. The number of fused-ring (bicyclic) bond motifs is 1. The molecular weight excluding hydrogens is 377 g/mol. The van der Waals surface area contributed by atoms with E-state index in [1.165, 1.54) is 18.2 Å². The van der Waals surface area contributed by atoms with Crippen LogP contribution in [0.5, 0.6) is 0 Å². The van der Waals surface area contributed by atoms with Gasteiger partial charge >= 0.3 is 5.97 Å². The monoisotopic (exact) mass is 399 g/mol. The second kappa shape index (κ2) is 8.81. The molecule has 3 rings (SSSR count). The quantitative estimate of drug-likeness (QED) is 0.610. The Morgan fingerprint density at radius 1 is 1.24 bits per heavy atom. The van der Waals surface area contributed by atoms with E-state index >= 15 is 0 Å². The van der Waals surface area contributed by atoms with E-state index in [0.717, 1.165) is 6.42 Å². The Balaban J connectivity index is 1.81. The van der Waals surface area contributed by atoms with Crippen molar-refractivity contribution in [2.24, 2.45) is 5.92 Å². The number of ether oxygens (including phenoxy) is 1. The van der Waals surface area contributed by atoms with Gasteiger partial charge in [-0.2, -0.15) is 0 Å². The Morgan fingerprint density at radius 3 is 2.66 bits per heavy atom. The Morgan fingerprint density at radius 2 is 1.97 bits per heavy atom. The number of benzene rings is 1. The lowest BCUT2D eigenvalue weighted by Crippen LogP contribution is -2.30. The van der Waals surface area contributed by atoms with Crippen LogP contribution in [0.3, 0.4) is 0 Å². The van der Waals surface area contributed by atoms with Gasteiger partial charge in [-0.05, 0) is 49.6 Å². The second-order valence-corrected chi connectivity index (χ2v) is 7.12. The minimum Gasteiger partial charge on any atom is -0.452 e. The van der Waals surface area contributed by atoms with E-state index in [1.807, 2.05) is 0 Å². The maximum absolute atomic E-state index is 13.2. The zero-order chi connectivity index (χ0) is 21.0. The van der Waals surface area contributed by atoms with Gasteiger partial charge in [0.1, 0.15) is 5.82 Å². The van der Waals surface area contributed by atoms with Gasteiger partial charge in [0.2, 0.25) is 0 Å². The highest BCUT2D eigenvalue weighted by molar-refractivity contribution is 6.04. The zero-order valence-corrected chi connectivity index (χ0v) is 16.5. The van der Waals surface area contributed by atoms with Crippen LogP contribution in [-0.2, 0) is 9.53 Å². The van der Waals surface area contributed by atoms with Crippen molar-refractivity contribution in [3.63, 3.8) is 0 Å². The average molecular weight is 399 g/mol. The van der Waals surface area contributed by atoms with E-state index in [2.05, 4.69) is 29.3 Å². The van der Waals surface area contributed by atoms with Crippen LogP contribution < -0.4 is 5.32 Å². The molecule has 7 nitrogen and oxygen atoms in total. The normalized spacial score (nSPS) is 11.1. The first-order valence-electron chi connectivity index (χ1n) is 9.32. The minimum absolute atomic E-state index is 0.164. The molecule has 1 aromatic carbocycles. The summed E-state index contributed by atoms with van der Waals surface area (Å²) >= 11 is 0. The van der Waals surface area contributed by atoms with Crippen molar-refractivity contribution in [2.75, 3.05) is 13.2 Å². The third-order valence-corrected chi connectivity index (χ3v) is 4.36. The summed E-state index contributed by atoms with van der Waals surface area (Å²) in [6, 6.07) is 7.21. The Labute approximate surface area is 167 Å². The van der Waals surface area contributed by atoms with E-state index in [0.29, 0.717) is 34.8 Å². The summed E-state index contributed by atoms with van der Waals surface area (Å²) in [7, 11) is 0. The summed E-state index contributed by atoms with van der Waals surface area (Å²) in [5, 5.41) is 6.99. The number of esters is 1. The van der Waals surface area contributed by atoms with Gasteiger partial charge in [0.15, 0.2) is 6.61 Å². The molecular formula is C21H22FN3O4. The average Bonchev–Trinajstić information content (AvgIpc) is 3.06. The number of hydrogen-bond acceptors (Lipinski definition) is 6. The molecule has 2 aromatic heterocycles. The maximum Gasteiger partial charge on any atom is 0.339 e. The molecule has 1 amide bonds. The number of rotatable bonds is 7. The van der Waals surface area contributed by atoms with Gasteiger partial charge in [-0.25, -0.2) is 14.2 Å². The minimum atomic E-state index is -0.689. The lowest BCUT2D eigenvalue weighted by Gasteiger charge is -2.09. The van der Waals surface area contributed by atoms with Gasteiger partial charge in [-0.15, -0.1) is 0 Å². The van der Waals surface area contributed by atoms with Gasteiger partial charge in [0.05, 0.1) is 22.3 Å². The fourth-order valence-corrected chi connectivity index (χ4v) is 2.78. The molecule has 3 aromatic rings. The molecule has 8 heteroatoms. The predicted octanol–water partition coefficient (Wildman–Crippen LogP) is 3.66. The van der Waals surface area contributed by atoms with Crippen molar-refractivity contribution >= 4 is 23.0 Å². The van der Waals surface area contributed by atoms with E-state index in [1.54, 1.807) is 19.1 Å². The summed E-state index contributed by atoms with van der Waals surface area (Å²) in [4.78, 5) is 28.9. The second-order valence-electron chi connectivity index (χ2n) is 7.12. The Hall–Kier alpha value is -3.29. The van der Waals surface area contributed by atoms with Crippen LogP contribution in [0.2, 0.25) is 0 Å². The van der Waals surface area contributed by atoms with Gasteiger partial charge in [0, 0.05) is 12.1 Å². The molecule has 0 unspecified atom stereocenters. The summed E-state index contributed by atoms with van der Waals surface area (Å²) < 4.78 is 23.6. The van der Waals surface area contributed by atoms with Crippen molar-refractivity contribution in [3.05, 3.63) is 47.4 Å². The molecule has 0 atom stereocenters. The number of nitrogens with zero attached hydrogens (tertiary/aromatic N) is 2. The topological polar surface area (TPSA) is 94.3 Å². The molecule has 2 heterocycles. The molecule has 0 spiro atoms. The first-order valence-corrected chi connectivity index (χ1v) is 9.32. The number of pyridine rings is 1. The predicted molar refractivity (Wildman–Crippen MR) is 105 cm³/mol. The molecule has 0 bridgehead atoms. The van der Waals surface area contributed by atoms with Crippen LogP contribution in [0, 0.1) is 18.7 Å². The molecule has 29 heavy (non-hydrogen) atoms. The fraction of sp³-hybridized carbons (Fsp3) is 0.333. The van der Waals surface area contributed by atoms with Crippen LogP contribution >= 0.6 is 0 Å².